The number of ether oxygens (including phenoxy) is 1. The van der Waals surface area contributed by atoms with E-state index in [1.54, 1.807) is 13.2 Å². The fourth-order valence-corrected chi connectivity index (χ4v) is 2.74. The van der Waals surface area contributed by atoms with Crippen molar-refractivity contribution >= 4 is 15.9 Å². The lowest BCUT2D eigenvalue weighted by atomic mass is 9.98. The Balaban J connectivity index is 2.42. The van der Waals surface area contributed by atoms with E-state index in [0.29, 0.717) is 12.1 Å². The minimum atomic E-state index is -0.844. The molecule has 21 heavy (non-hydrogen) atoms. The van der Waals surface area contributed by atoms with Crippen LogP contribution in [0.5, 0.6) is 5.75 Å². The number of nitrogens with one attached hydrogen (secondary N) is 1. The third kappa shape index (κ3) is 3.60. The molecule has 0 aliphatic rings. The van der Waals surface area contributed by atoms with Gasteiger partial charge >= 0.3 is 0 Å². The van der Waals surface area contributed by atoms with Gasteiger partial charge in [-0.05, 0) is 57.9 Å². The molecule has 0 aliphatic heterocycles. The van der Waals surface area contributed by atoms with Crippen LogP contribution < -0.4 is 10.1 Å². The molecular formula is C16H16BrF2NO. The molecule has 1 unspecified atom stereocenters. The number of halogens is 3. The predicted molar refractivity (Wildman–Crippen MR) is 82.6 cm³/mol. The normalized spacial score (nSPS) is 12.2. The van der Waals surface area contributed by atoms with Crippen molar-refractivity contribution in [1.82, 2.24) is 5.32 Å². The van der Waals surface area contributed by atoms with Crippen molar-refractivity contribution in [2.24, 2.45) is 0 Å². The van der Waals surface area contributed by atoms with Crippen LogP contribution in [-0.2, 0) is 0 Å². The Hall–Kier alpha value is -1.46. The number of methoxy groups -OCH3 is 1. The molecule has 0 radical (unpaired) electrons. The van der Waals surface area contributed by atoms with E-state index in [0.717, 1.165) is 21.9 Å². The molecular weight excluding hydrogens is 340 g/mol. The summed E-state index contributed by atoms with van der Waals surface area (Å²) in [4.78, 5) is 0. The largest absolute Gasteiger partial charge is 0.496 e. The quantitative estimate of drug-likeness (QED) is 0.856. The van der Waals surface area contributed by atoms with E-state index in [4.69, 9.17) is 4.74 Å². The highest BCUT2D eigenvalue weighted by atomic mass is 79.9. The van der Waals surface area contributed by atoms with Gasteiger partial charge in [-0.3, -0.25) is 0 Å². The summed E-state index contributed by atoms with van der Waals surface area (Å²) < 4.78 is 32.6. The third-order valence-corrected chi connectivity index (χ3v) is 3.81. The maximum atomic E-state index is 13.5. The molecule has 0 aromatic heterocycles. The molecule has 112 valence electrons. The van der Waals surface area contributed by atoms with E-state index in [1.807, 2.05) is 25.1 Å². The van der Waals surface area contributed by atoms with Crippen LogP contribution in [-0.4, -0.2) is 13.7 Å². The summed E-state index contributed by atoms with van der Waals surface area (Å²) in [5, 5.41) is 3.28. The van der Waals surface area contributed by atoms with Gasteiger partial charge < -0.3 is 10.1 Å². The molecule has 0 spiro atoms. The number of hydrogen-bond acceptors (Lipinski definition) is 2. The molecule has 0 saturated heterocycles. The van der Waals surface area contributed by atoms with Crippen molar-refractivity contribution in [3.05, 3.63) is 63.6 Å². The molecule has 0 amide bonds. The summed E-state index contributed by atoms with van der Waals surface area (Å²) in [6.07, 6.45) is 0. The maximum absolute atomic E-state index is 13.5. The van der Waals surface area contributed by atoms with E-state index in [-0.39, 0.29) is 6.04 Å². The van der Waals surface area contributed by atoms with E-state index >= 15 is 0 Å². The smallest absolute Gasteiger partial charge is 0.159 e. The summed E-state index contributed by atoms with van der Waals surface area (Å²) in [6.45, 7) is 2.67. The van der Waals surface area contributed by atoms with Crippen molar-refractivity contribution in [2.75, 3.05) is 13.7 Å². The molecule has 0 aliphatic carbocycles. The molecule has 2 rings (SSSR count). The van der Waals surface area contributed by atoms with Crippen LogP contribution in [0, 0.1) is 11.6 Å². The first-order valence-electron chi connectivity index (χ1n) is 6.58. The first-order valence-corrected chi connectivity index (χ1v) is 7.38. The van der Waals surface area contributed by atoms with Crippen molar-refractivity contribution < 1.29 is 13.5 Å². The van der Waals surface area contributed by atoms with E-state index < -0.39 is 11.6 Å². The third-order valence-electron chi connectivity index (χ3n) is 3.19. The van der Waals surface area contributed by atoms with Gasteiger partial charge in [-0.2, -0.15) is 0 Å². The van der Waals surface area contributed by atoms with E-state index in [9.17, 15) is 8.78 Å². The van der Waals surface area contributed by atoms with Gasteiger partial charge in [0.05, 0.1) is 17.6 Å². The minimum Gasteiger partial charge on any atom is -0.496 e. The highest BCUT2D eigenvalue weighted by molar-refractivity contribution is 9.10. The zero-order valence-corrected chi connectivity index (χ0v) is 13.4. The van der Waals surface area contributed by atoms with Crippen LogP contribution in [0.25, 0.3) is 0 Å². The summed E-state index contributed by atoms with van der Waals surface area (Å²) in [7, 11) is 1.59. The zero-order chi connectivity index (χ0) is 15.4. The lowest BCUT2D eigenvalue weighted by molar-refractivity contribution is 0.411. The molecule has 1 N–H and O–H groups in total. The molecule has 0 heterocycles. The maximum Gasteiger partial charge on any atom is 0.159 e. The first-order chi connectivity index (χ1) is 10.1. The molecule has 0 bridgehead atoms. The molecule has 2 aromatic carbocycles. The standard InChI is InChI=1S/C16H16BrF2NO/c1-3-20-16(11-4-6-13(18)14(19)9-11)10-5-7-15(21-2)12(17)8-10/h4-9,16,20H,3H2,1-2H3. The Morgan fingerprint density at radius 2 is 1.76 bits per heavy atom. The van der Waals surface area contributed by atoms with Crippen molar-refractivity contribution in [2.45, 2.75) is 13.0 Å². The second kappa shape index (κ2) is 7.00. The summed E-state index contributed by atoms with van der Waals surface area (Å²) in [5.74, 6) is -0.966. The fraction of sp³-hybridized carbons (Fsp3) is 0.250. The van der Waals surface area contributed by atoms with Crippen molar-refractivity contribution in [1.29, 1.82) is 0 Å². The highest BCUT2D eigenvalue weighted by Crippen LogP contribution is 2.31. The topological polar surface area (TPSA) is 21.3 Å². The Kier molecular flexibility index (Phi) is 5.31. The van der Waals surface area contributed by atoms with Gasteiger partial charge in [-0.25, -0.2) is 8.78 Å². The Morgan fingerprint density at radius 1 is 1.10 bits per heavy atom. The number of rotatable bonds is 5. The Bertz CT molecular complexity index is 634. The van der Waals surface area contributed by atoms with Crippen LogP contribution in [0.15, 0.2) is 40.9 Å². The molecule has 2 aromatic rings. The minimum absolute atomic E-state index is 0.215. The van der Waals surface area contributed by atoms with Crippen molar-refractivity contribution in [3.63, 3.8) is 0 Å². The lowest BCUT2D eigenvalue weighted by Gasteiger charge is -2.20. The SMILES string of the molecule is CCNC(c1ccc(F)c(F)c1)c1ccc(OC)c(Br)c1. The second-order valence-corrected chi connectivity index (χ2v) is 5.41. The van der Waals surface area contributed by atoms with Crippen LogP contribution in [0.3, 0.4) is 0 Å². The van der Waals surface area contributed by atoms with Gasteiger partial charge in [0, 0.05) is 0 Å². The first kappa shape index (κ1) is 15.9. The second-order valence-electron chi connectivity index (χ2n) is 4.56. The average Bonchev–Trinajstić information content (AvgIpc) is 2.48. The van der Waals surface area contributed by atoms with Crippen LogP contribution in [0.1, 0.15) is 24.1 Å². The molecule has 0 saturated carbocycles. The van der Waals surface area contributed by atoms with Gasteiger partial charge in [0.1, 0.15) is 5.75 Å². The number of benzene rings is 2. The van der Waals surface area contributed by atoms with Crippen molar-refractivity contribution in [3.8, 4) is 5.75 Å². The van der Waals surface area contributed by atoms with Gasteiger partial charge in [0.15, 0.2) is 11.6 Å². The fourth-order valence-electron chi connectivity index (χ4n) is 2.19. The summed E-state index contributed by atoms with van der Waals surface area (Å²) >= 11 is 3.44. The predicted octanol–water partition coefficient (Wildman–Crippen LogP) is 4.43. The molecule has 0 fully saturated rings. The Labute approximate surface area is 131 Å². The number of hydrogen-bond donors (Lipinski definition) is 1. The monoisotopic (exact) mass is 355 g/mol. The molecule has 5 heteroatoms. The summed E-state index contributed by atoms with van der Waals surface area (Å²) in [6, 6.07) is 9.39. The van der Waals surface area contributed by atoms with E-state index in [2.05, 4.69) is 21.2 Å². The molecule has 1 atom stereocenters. The lowest BCUT2D eigenvalue weighted by Crippen LogP contribution is -2.22. The van der Waals surface area contributed by atoms with Gasteiger partial charge in [-0.1, -0.05) is 19.1 Å². The summed E-state index contributed by atoms with van der Waals surface area (Å²) in [5.41, 5.74) is 1.61. The van der Waals surface area contributed by atoms with Gasteiger partial charge in [0.2, 0.25) is 0 Å². The highest BCUT2D eigenvalue weighted by Gasteiger charge is 2.16. The average molecular weight is 356 g/mol. The van der Waals surface area contributed by atoms with E-state index in [1.165, 1.54) is 6.07 Å². The zero-order valence-electron chi connectivity index (χ0n) is 11.8. The Morgan fingerprint density at radius 3 is 2.33 bits per heavy atom. The van der Waals surface area contributed by atoms with Crippen LogP contribution >= 0.6 is 15.9 Å². The van der Waals surface area contributed by atoms with Gasteiger partial charge in [-0.15, -0.1) is 0 Å². The van der Waals surface area contributed by atoms with Gasteiger partial charge in [0.25, 0.3) is 0 Å². The van der Waals surface area contributed by atoms with Crippen LogP contribution in [0.2, 0.25) is 0 Å². The molecule has 2 nitrogen and oxygen atoms in total. The van der Waals surface area contributed by atoms with Crippen LogP contribution in [0.4, 0.5) is 8.78 Å².